The first-order chi connectivity index (χ1) is 12.8. The van der Waals surface area contributed by atoms with Gasteiger partial charge < -0.3 is 9.84 Å². The summed E-state index contributed by atoms with van der Waals surface area (Å²) in [6.45, 7) is 0. The molecule has 0 fully saturated rings. The Bertz CT molecular complexity index is 1010. The molecule has 2 aromatic rings. The highest BCUT2D eigenvalue weighted by atomic mass is 16.6. The second-order valence-corrected chi connectivity index (χ2v) is 5.08. The quantitative estimate of drug-likeness (QED) is 0.295. The number of benzene rings is 1. The fraction of sp³-hybridized carbons (Fsp3) is 0.214. The van der Waals surface area contributed by atoms with Gasteiger partial charge in [-0.3, -0.25) is 24.7 Å². The van der Waals surface area contributed by atoms with E-state index in [4.69, 9.17) is 4.74 Å². The van der Waals surface area contributed by atoms with Crippen LogP contribution in [0.2, 0.25) is 0 Å². The molecule has 0 aliphatic carbocycles. The first kappa shape index (κ1) is 19.3. The molecule has 1 amide bonds. The van der Waals surface area contributed by atoms with E-state index in [1.807, 2.05) is 10.1 Å². The smallest absolute Gasteiger partial charge is 0.342 e. The summed E-state index contributed by atoms with van der Waals surface area (Å²) < 4.78 is 4.78. The van der Waals surface area contributed by atoms with Crippen molar-refractivity contribution >= 4 is 17.8 Å². The number of rotatable bonds is 7. The minimum absolute atomic E-state index is 0.0277. The number of aryl methyl sites for hydroxylation is 1. The number of aromatic nitrogens is 3. The monoisotopic (exact) mass is 377 g/mol. The van der Waals surface area contributed by atoms with Crippen molar-refractivity contribution in [1.29, 1.82) is 0 Å². The van der Waals surface area contributed by atoms with Gasteiger partial charge in [-0.05, 0) is 6.07 Å². The lowest BCUT2D eigenvalue weighted by Crippen LogP contribution is -2.28. The number of nitrogens with one attached hydrogen (secondary N) is 3. The fourth-order valence-corrected chi connectivity index (χ4v) is 1.98. The van der Waals surface area contributed by atoms with Gasteiger partial charge in [0.05, 0.1) is 18.2 Å². The Morgan fingerprint density at radius 1 is 1.44 bits per heavy atom. The Kier molecular flexibility index (Phi) is 5.98. The fourth-order valence-electron chi connectivity index (χ4n) is 1.98. The summed E-state index contributed by atoms with van der Waals surface area (Å²) in [6, 6.07) is 2.22. The molecule has 0 bridgehead atoms. The van der Waals surface area contributed by atoms with E-state index >= 15 is 0 Å². The number of nitro groups is 1. The molecule has 142 valence electrons. The highest BCUT2D eigenvalue weighted by Crippen LogP contribution is 2.33. The maximum absolute atomic E-state index is 11.7. The van der Waals surface area contributed by atoms with Gasteiger partial charge in [-0.2, -0.15) is 10.2 Å². The van der Waals surface area contributed by atoms with Gasteiger partial charge in [0, 0.05) is 30.2 Å². The Balaban J connectivity index is 2.01. The molecule has 0 atom stereocenters. The molecule has 0 spiro atoms. The molecule has 0 aliphatic heterocycles. The summed E-state index contributed by atoms with van der Waals surface area (Å²) in [4.78, 5) is 46.0. The van der Waals surface area contributed by atoms with Crippen LogP contribution in [0, 0.1) is 10.1 Å². The summed E-state index contributed by atoms with van der Waals surface area (Å²) in [5.41, 5.74) is 0.150. The Hall–Kier alpha value is -4.03. The SMILES string of the molecule is COc1cc(/C=N\NC(=O)CCc2n[nH]c(=O)[nH]c2=O)cc([N+](=O)[O-])c1[O-]. The lowest BCUT2D eigenvalue weighted by Gasteiger charge is -2.12. The van der Waals surface area contributed by atoms with Crippen molar-refractivity contribution in [3.8, 4) is 11.5 Å². The zero-order valence-electron chi connectivity index (χ0n) is 13.8. The average molecular weight is 377 g/mol. The second-order valence-electron chi connectivity index (χ2n) is 5.08. The van der Waals surface area contributed by atoms with Gasteiger partial charge in [0.25, 0.3) is 11.2 Å². The van der Waals surface area contributed by atoms with E-state index in [9.17, 15) is 29.6 Å². The molecule has 1 aromatic heterocycles. The van der Waals surface area contributed by atoms with Crippen LogP contribution in [0.4, 0.5) is 5.69 Å². The van der Waals surface area contributed by atoms with Gasteiger partial charge in [-0.25, -0.2) is 15.3 Å². The number of amides is 1. The van der Waals surface area contributed by atoms with E-state index in [2.05, 4.69) is 15.6 Å². The van der Waals surface area contributed by atoms with E-state index < -0.39 is 33.5 Å². The maximum Gasteiger partial charge on any atom is 0.342 e. The Morgan fingerprint density at radius 2 is 2.19 bits per heavy atom. The molecule has 1 heterocycles. The topological polar surface area (TPSA) is 195 Å². The summed E-state index contributed by atoms with van der Waals surface area (Å²) in [5.74, 6) is -1.68. The number of ether oxygens (including phenoxy) is 1. The van der Waals surface area contributed by atoms with Crippen molar-refractivity contribution in [1.82, 2.24) is 20.6 Å². The molecule has 0 saturated heterocycles. The van der Waals surface area contributed by atoms with Gasteiger partial charge in [-0.1, -0.05) is 0 Å². The number of carbonyl (C=O) groups is 1. The average Bonchev–Trinajstić information content (AvgIpc) is 2.61. The van der Waals surface area contributed by atoms with Crippen LogP contribution >= 0.6 is 0 Å². The first-order valence-electron chi connectivity index (χ1n) is 7.35. The Morgan fingerprint density at radius 3 is 2.81 bits per heavy atom. The predicted molar refractivity (Wildman–Crippen MR) is 88.6 cm³/mol. The standard InChI is InChI=1S/C14H14N6O7/c1-27-10-5-7(4-9(12(10)22)20(25)26)6-15-18-11(21)3-2-8-13(23)16-14(24)19-17-8/h4-6,22H,2-3H2,1H3,(H,18,21)(H2,16,19,23,24)/p-1/b15-6-. The van der Waals surface area contributed by atoms with Crippen LogP contribution in [0.1, 0.15) is 17.7 Å². The number of aromatic amines is 2. The zero-order valence-corrected chi connectivity index (χ0v) is 13.8. The molecule has 1 aromatic carbocycles. The molecule has 13 heteroatoms. The van der Waals surface area contributed by atoms with E-state index in [-0.39, 0.29) is 29.8 Å². The Labute approximate surface area is 149 Å². The van der Waals surface area contributed by atoms with Gasteiger partial charge in [0.15, 0.2) is 0 Å². The van der Waals surface area contributed by atoms with Crippen LogP contribution in [0.3, 0.4) is 0 Å². The minimum Gasteiger partial charge on any atom is -0.865 e. The molecular formula is C14H13N6O7-. The van der Waals surface area contributed by atoms with Crippen molar-refractivity contribution in [3.05, 3.63) is 54.3 Å². The van der Waals surface area contributed by atoms with Gasteiger partial charge >= 0.3 is 5.69 Å². The van der Waals surface area contributed by atoms with E-state index in [1.165, 1.54) is 13.2 Å². The molecule has 13 nitrogen and oxygen atoms in total. The van der Waals surface area contributed by atoms with Crippen LogP contribution in [0.5, 0.6) is 11.5 Å². The van der Waals surface area contributed by atoms with Gasteiger partial charge in [-0.15, -0.1) is 0 Å². The summed E-state index contributed by atoms with van der Waals surface area (Å²) >= 11 is 0. The second kappa shape index (κ2) is 8.37. The molecule has 0 unspecified atom stereocenters. The van der Waals surface area contributed by atoms with Crippen LogP contribution < -0.4 is 26.5 Å². The van der Waals surface area contributed by atoms with Crippen molar-refractivity contribution in [2.24, 2.45) is 5.10 Å². The number of hydrogen-bond donors (Lipinski definition) is 3. The minimum atomic E-state index is -0.873. The summed E-state index contributed by atoms with van der Waals surface area (Å²) in [7, 11) is 1.19. The highest BCUT2D eigenvalue weighted by molar-refractivity contribution is 5.84. The molecule has 0 radical (unpaired) electrons. The number of nitrogens with zero attached hydrogens (tertiary/aromatic N) is 3. The van der Waals surface area contributed by atoms with E-state index in [1.54, 1.807) is 0 Å². The number of H-pyrrole nitrogens is 2. The predicted octanol–water partition coefficient (Wildman–Crippen LogP) is -1.47. The van der Waals surface area contributed by atoms with Crippen molar-refractivity contribution in [3.63, 3.8) is 0 Å². The number of hydrazone groups is 1. The number of methoxy groups -OCH3 is 1. The molecule has 0 aliphatic rings. The normalized spacial score (nSPS) is 10.7. The first-order valence-corrected chi connectivity index (χ1v) is 7.35. The van der Waals surface area contributed by atoms with Crippen LogP contribution in [-0.4, -0.2) is 39.3 Å². The number of hydrogen-bond acceptors (Lipinski definition) is 9. The van der Waals surface area contributed by atoms with Crippen LogP contribution in [0.25, 0.3) is 0 Å². The maximum atomic E-state index is 11.7. The molecular weight excluding hydrogens is 364 g/mol. The summed E-state index contributed by atoms with van der Waals surface area (Å²) in [5, 5.41) is 31.8. The van der Waals surface area contributed by atoms with E-state index in [0.29, 0.717) is 0 Å². The lowest BCUT2D eigenvalue weighted by molar-refractivity contribution is -0.398. The zero-order chi connectivity index (χ0) is 20.0. The van der Waals surface area contributed by atoms with E-state index in [0.717, 1.165) is 12.3 Å². The third-order valence-corrected chi connectivity index (χ3v) is 3.25. The van der Waals surface area contributed by atoms with Gasteiger partial charge in [0.2, 0.25) is 5.91 Å². The van der Waals surface area contributed by atoms with Crippen LogP contribution in [0.15, 0.2) is 26.8 Å². The van der Waals surface area contributed by atoms with Crippen molar-refractivity contribution in [2.45, 2.75) is 12.8 Å². The van der Waals surface area contributed by atoms with Gasteiger partial charge in [0.1, 0.15) is 11.4 Å². The van der Waals surface area contributed by atoms with Crippen molar-refractivity contribution < 1.29 is 19.6 Å². The molecule has 27 heavy (non-hydrogen) atoms. The molecule has 0 saturated carbocycles. The largest absolute Gasteiger partial charge is 0.865 e. The molecule has 2 rings (SSSR count). The number of nitro benzene ring substituents is 1. The number of carbonyl (C=O) groups excluding carboxylic acids is 1. The lowest BCUT2D eigenvalue weighted by atomic mass is 10.2. The third-order valence-electron chi connectivity index (χ3n) is 3.25. The third kappa shape index (κ3) is 4.97. The molecule has 3 N–H and O–H groups in total. The van der Waals surface area contributed by atoms with Crippen molar-refractivity contribution in [2.75, 3.05) is 7.11 Å². The highest BCUT2D eigenvalue weighted by Gasteiger charge is 2.13. The van der Waals surface area contributed by atoms with Crippen LogP contribution in [-0.2, 0) is 11.2 Å². The summed E-state index contributed by atoms with van der Waals surface area (Å²) in [6.07, 6.45) is 0.901.